The maximum absolute atomic E-state index is 13.3. The highest BCUT2D eigenvalue weighted by Gasteiger charge is 2.33. The van der Waals surface area contributed by atoms with Crippen LogP contribution in [0.1, 0.15) is 26.3 Å². The lowest BCUT2D eigenvalue weighted by molar-refractivity contribution is -0.137. The first kappa shape index (κ1) is 25.0. The zero-order chi connectivity index (χ0) is 24.2. The molecule has 0 spiro atoms. The number of nitrogens with zero attached hydrogens (tertiary/aromatic N) is 2. The summed E-state index contributed by atoms with van der Waals surface area (Å²) in [6.07, 6.45) is -4.48. The van der Waals surface area contributed by atoms with Gasteiger partial charge in [-0.1, -0.05) is 37.6 Å². The summed E-state index contributed by atoms with van der Waals surface area (Å²) >= 11 is 6.10. The molecule has 33 heavy (non-hydrogen) atoms. The van der Waals surface area contributed by atoms with Gasteiger partial charge in [0, 0.05) is 26.2 Å². The summed E-state index contributed by atoms with van der Waals surface area (Å²) in [6.45, 7) is 8.67. The fourth-order valence-electron chi connectivity index (χ4n) is 3.85. The summed E-state index contributed by atoms with van der Waals surface area (Å²) in [5, 5.41) is 3.00. The van der Waals surface area contributed by atoms with E-state index in [-0.39, 0.29) is 16.8 Å². The molecule has 2 aromatic rings. The highest BCUT2D eigenvalue weighted by molar-refractivity contribution is 6.33. The van der Waals surface area contributed by atoms with Gasteiger partial charge in [-0.2, -0.15) is 13.2 Å². The lowest BCUT2D eigenvalue weighted by Crippen LogP contribution is -2.54. The number of alkyl halides is 3. The van der Waals surface area contributed by atoms with Gasteiger partial charge in [-0.15, -0.1) is 0 Å². The van der Waals surface area contributed by atoms with Crippen LogP contribution in [0.3, 0.4) is 0 Å². The second-order valence-corrected chi connectivity index (χ2v) is 8.68. The highest BCUT2D eigenvalue weighted by atomic mass is 35.5. The van der Waals surface area contributed by atoms with E-state index in [0.717, 1.165) is 23.6 Å². The van der Waals surface area contributed by atoms with E-state index in [2.05, 4.69) is 10.2 Å². The van der Waals surface area contributed by atoms with Crippen molar-refractivity contribution in [3.8, 4) is 5.75 Å². The van der Waals surface area contributed by atoms with Crippen LogP contribution in [0, 0.1) is 5.92 Å². The van der Waals surface area contributed by atoms with E-state index in [1.165, 1.54) is 6.07 Å². The van der Waals surface area contributed by atoms with Gasteiger partial charge in [-0.05, 0) is 43.2 Å². The van der Waals surface area contributed by atoms with Gasteiger partial charge in [0.05, 0.1) is 28.6 Å². The fourth-order valence-corrected chi connectivity index (χ4v) is 4.09. The molecule has 0 radical (unpaired) electrons. The monoisotopic (exact) mass is 483 g/mol. The molecule has 1 N–H and O–H groups in total. The number of hydrogen-bond acceptors (Lipinski definition) is 4. The molecule has 1 aliphatic rings. The first-order valence-electron chi connectivity index (χ1n) is 11.0. The topological polar surface area (TPSA) is 44.8 Å². The molecule has 2 aromatic carbocycles. The van der Waals surface area contributed by atoms with E-state index >= 15 is 0 Å². The van der Waals surface area contributed by atoms with Gasteiger partial charge in [0.2, 0.25) is 5.91 Å². The van der Waals surface area contributed by atoms with Crippen molar-refractivity contribution in [1.29, 1.82) is 0 Å². The number of carbonyl (C=O) groups excluding carboxylic acids is 1. The van der Waals surface area contributed by atoms with E-state index in [0.29, 0.717) is 38.5 Å². The van der Waals surface area contributed by atoms with Crippen molar-refractivity contribution in [2.45, 2.75) is 33.0 Å². The molecule has 1 heterocycles. The minimum atomic E-state index is -4.48. The van der Waals surface area contributed by atoms with Crippen LogP contribution in [-0.2, 0) is 11.0 Å². The van der Waals surface area contributed by atoms with Crippen LogP contribution >= 0.6 is 11.6 Å². The first-order chi connectivity index (χ1) is 15.6. The van der Waals surface area contributed by atoms with Gasteiger partial charge in [-0.25, -0.2) is 0 Å². The van der Waals surface area contributed by atoms with Crippen molar-refractivity contribution in [3.63, 3.8) is 0 Å². The lowest BCUT2D eigenvalue weighted by Gasteiger charge is -2.39. The molecule has 1 fully saturated rings. The van der Waals surface area contributed by atoms with Gasteiger partial charge in [0.1, 0.15) is 11.8 Å². The number of rotatable bonds is 7. The zero-order valence-electron chi connectivity index (χ0n) is 19.0. The third-order valence-electron chi connectivity index (χ3n) is 5.64. The predicted octanol–water partition coefficient (Wildman–Crippen LogP) is 5.54. The Bertz CT molecular complexity index is 960. The SMILES string of the molecule is CCOc1ccccc1N1CCN(C(=O)[C@H](Nc2ccc(C(F)(F)F)cc2Cl)C(C)C)CC1. The summed E-state index contributed by atoms with van der Waals surface area (Å²) in [6, 6.07) is 10.3. The second kappa shape index (κ2) is 10.5. The Balaban J connectivity index is 1.68. The summed E-state index contributed by atoms with van der Waals surface area (Å²) in [5.74, 6) is 0.629. The van der Waals surface area contributed by atoms with Crippen LogP contribution in [0.4, 0.5) is 24.5 Å². The second-order valence-electron chi connectivity index (χ2n) is 8.27. The molecule has 9 heteroatoms. The number of nitrogens with one attached hydrogen (secondary N) is 1. The smallest absolute Gasteiger partial charge is 0.416 e. The molecule has 0 unspecified atom stereocenters. The van der Waals surface area contributed by atoms with Crippen molar-refractivity contribution in [1.82, 2.24) is 4.90 Å². The molecule has 0 aliphatic carbocycles. The molecule has 1 atom stereocenters. The number of anilines is 2. The maximum Gasteiger partial charge on any atom is 0.416 e. The number of carbonyl (C=O) groups is 1. The average molecular weight is 484 g/mol. The summed E-state index contributed by atoms with van der Waals surface area (Å²) in [7, 11) is 0. The van der Waals surface area contributed by atoms with Crippen molar-refractivity contribution in [2.24, 2.45) is 5.92 Å². The van der Waals surface area contributed by atoms with E-state index in [1.54, 1.807) is 4.90 Å². The Morgan fingerprint density at radius 1 is 1.12 bits per heavy atom. The standard InChI is InChI=1S/C24H29ClF3N3O2/c1-4-33-21-8-6-5-7-20(21)30-11-13-31(14-12-30)23(32)22(16(2)3)29-19-10-9-17(15-18(19)25)24(26,27)28/h5-10,15-16,22,29H,4,11-14H2,1-3H3/t22-/m1/s1. The molecule has 1 amide bonds. The Hall–Kier alpha value is -2.61. The minimum Gasteiger partial charge on any atom is -0.492 e. The third-order valence-corrected chi connectivity index (χ3v) is 5.95. The van der Waals surface area contributed by atoms with Gasteiger partial charge in [-0.3, -0.25) is 4.79 Å². The van der Waals surface area contributed by atoms with Gasteiger partial charge < -0.3 is 19.9 Å². The molecule has 1 aliphatic heterocycles. The maximum atomic E-state index is 13.3. The zero-order valence-corrected chi connectivity index (χ0v) is 19.7. The summed E-state index contributed by atoms with van der Waals surface area (Å²) < 4.78 is 44.5. The largest absolute Gasteiger partial charge is 0.492 e. The molecule has 0 bridgehead atoms. The van der Waals surface area contributed by atoms with E-state index in [4.69, 9.17) is 16.3 Å². The highest BCUT2D eigenvalue weighted by Crippen LogP contribution is 2.34. The Morgan fingerprint density at radius 3 is 2.36 bits per heavy atom. The quantitative estimate of drug-likeness (QED) is 0.561. The van der Waals surface area contributed by atoms with Crippen LogP contribution < -0.4 is 15.0 Å². The Morgan fingerprint density at radius 2 is 1.79 bits per heavy atom. The van der Waals surface area contributed by atoms with E-state index in [1.807, 2.05) is 45.0 Å². The van der Waals surface area contributed by atoms with Crippen molar-refractivity contribution in [2.75, 3.05) is 43.0 Å². The van der Waals surface area contributed by atoms with Gasteiger partial charge in [0.15, 0.2) is 0 Å². The summed E-state index contributed by atoms with van der Waals surface area (Å²) in [5.41, 5.74) is 0.483. The van der Waals surface area contributed by atoms with Crippen molar-refractivity contribution < 1.29 is 22.7 Å². The van der Waals surface area contributed by atoms with Crippen LogP contribution in [0.2, 0.25) is 5.02 Å². The average Bonchev–Trinajstić information content (AvgIpc) is 2.77. The van der Waals surface area contributed by atoms with Crippen LogP contribution in [0.5, 0.6) is 5.75 Å². The molecule has 3 rings (SSSR count). The number of para-hydroxylation sites is 2. The lowest BCUT2D eigenvalue weighted by atomic mass is 10.0. The molecule has 5 nitrogen and oxygen atoms in total. The Labute approximate surface area is 197 Å². The number of hydrogen-bond donors (Lipinski definition) is 1. The van der Waals surface area contributed by atoms with Gasteiger partial charge in [0.25, 0.3) is 0 Å². The number of amides is 1. The first-order valence-corrected chi connectivity index (χ1v) is 11.4. The molecule has 0 saturated carbocycles. The molecular weight excluding hydrogens is 455 g/mol. The minimum absolute atomic E-state index is 0.0689. The number of piperazine rings is 1. The van der Waals surface area contributed by atoms with Crippen molar-refractivity contribution in [3.05, 3.63) is 53.1 Å². The molecule has 180 valence electrons. The fraction of sp³-hybridized carbons (Fsp3) is 0.458. The molecule has 0 aromatic heterocycles. The summed E-state index contributed by atoms with van der Waals surface area (Å²) in [4.78, 5) is 17.3. The molecule has 1 saturated heterocycles. The molecular formula is C24H29ClF3N3O2. The van der Waals surface area contributed by atoms with Crippen LogP contribution in [-0.4, -0.2) is 49.6 Å². The normalized spacial score (nSPS) is 15.5. The van der Waals surface area contributed by atoms with Crippen LogP contribution in [0.15, 0.2) is 42.5 Å². The number of ether oxygens (including phenoxy) is 1. The van der Waals surface area contributed by atoms with Gasteiger partial charge >= 0.3 is 6.18 Å². The van der Waals surface area contributed by atoms with Crippen LogP contribution in [0.25, 0.3) is 0 Å². The van der Waals surface area contributed by atoms with E-state index in [9.17, 15) is 18.0 Å². The van der Waals surface area contributed by atoms with Crippen molar-refractivity contribution >= 4 is 28.9 Å². The third kappa shape index (κ3) is 6.05. The number of halogens is 4. The number of benzene rings is 2. The Kier molecular flexibility index (Phi) is 8.00. The predicted molar refractivity (Wildman–Crippen MR) is 125 cm³/mol. The van der Waals surface area contributed by atoms with E-state index < -0.39 is 17.8 Å².